The van der Waals surface area contributed by atoms with Crippen LogP contribution >= 0.6 is 0 Å². The molecule has 0 aromatic heterocycles. The van der Waals surface area contributed by atoms with Gasteiger partial charge in [0.05, 0.1) is 6.61 Å². The van der Waals surface area contributed by atoms with E-state index < -0.39 is 49.1 Å². The number of nitrogens with one attached hydrogen (secondary N) is 2. The van der Waals surface area contributed by atoms with Crippen LogP contribution in [0.25, 0.3) is 0 Å². The average molecular weight is 290 g/mol. The van der Waals surface area contributed by atoms with E-state index in [4.69, 9.17) is 9.84 Å². The first-order chi connectivity index (χ1) is 9.43. The van der Waals surface area contributed by atoms with Crippen LogP contribution in [-0.2, 0) is 14.3 Å². The summed E-state index contributed by atoms with van der Waals surface area (Å²) in [6.45, 7) is -0.606. The van der Waals surface area contributed by atoms with Gasteiger partial charge in [0.2, 0.25) is 0 Å². The Morgan fingerprint density at radius 3 is 2.15 bits per heavy atom. The monoisotopic (exact) mass is 290 g/mol. The van der Waals surface area contributed by atoms with E-state index in [1.165, 1.54) is 0 Å². The van der Waals surface area contributed by atoms with Gasteiger partial charge in [-0.05, 0) is 12.8 Å². The average Bonchev–Trinajstić information content (AvgIpc) is 3.23. The van der Waals surface area contributed by atoms with E-state index in [0.717, 1.165) is 12.8 Å². The topological polar surface area (TPSA) is 148 Å². The molecular formula is C11H18N2O7. The third-order valence-electron chi connectivity index (χ3n) is 3.28. The van der Waals surface area contributed by atoms with Gasteiger partial charge in [0.1, 0.15) is 24.4 Å². The van der Waals surface area contributed by atoms with Crippen LogP contribution < -0.4 is 10.6 Å². The van der Waals surface area contributed by atoms with Crippen LogP contribution in [0.4, 0.5) is 0 Å². The molecule has 1 aliphatic carbocycles. The molecule has 6 N–H and O–H groups in total. The van der Waals surface area contributed by atoms with Crippen molar-refractivity contribution in [3.8, 4) is 0 Å². The highest BCUT2D eigenvalue weighted by Crippen LogP contribution is 2.20. The number of amides is 2. The molecule has 2 amide bonds. The van der Waals surface area contributed by atoms with Crippen LogP contribution in [0.15, 0.2) is 0 Å². The Bertz CT molecular complexity index is 385. The smallest absolute Gasteiger partial charge is 0.311 e. The summed E-state index contributed by atoms with van der Waals surface area (Å²) in [4.78, 5) is 23.0. The Labute approximate surface area is 114 Å². The maximum atomic E-state index is 11.6. The molecule has 20 heavy (non-hydrogen) atoms. The van der Waals surface area contributed by atoms with Crippen LogP contribution in [0.3, 0.4) is 0 Å². The van der Waals surface area contributed by atoms with Crippen molar-refractivity contribution >= 4 is 11.8 Å². The van der Waals surface area contributed by atoms with Gasteiger partial charge < -0.3 is 35.8 Å². The van der Waals surface area contributed by atoms with Crippen molar-refractivity contribution in [3.63, 3.8) is 0 Å². The van der Waals surface area contributed by atoms with Crippen molar-refractivity contribution in [3.05, 3.63) is 0 Å². The third kappa shape index (κ3) is 3.25. The quantitative estimate of drug-likeness (QED) is 0.292. The first-order valence-corrected chi connectivity index (χ1v) is 6.36. The molecule has 2 fully saturated rings. The fourth-order valence-corrected chi connectivity index (χ4v) is 1.89. The number of carbonyl (C=O) groups excluding carboxylic acids is 2. The van der Waals surface area contributed by atoms with Gasteiger partial charge >= 0.3 is 11.8 Å². The van der Waals surface area contributed by atoms with Crippen molar-refractivity contribution in [1.82, 2.24) is 10.6 Å². The molecule has 1 aliphatic heterocycles. The molecule has 5 atom stereocenters. The molecule has 0 radical (unpaired) electrons. The second-order valence-electron chi connectivity index (χ2n) is 4.97. The zero-order valence-electron chi connectivity index (χ0n) is 10.6. The molecule has 0 aromatic rings. The maximum absolute atomic E-state index is 11.6. The Hall–Kier alpha value is -1.26. The van der Waals surface area contributed by atoms with Gasteiger partial charge in [-0.2, -0.15) is 0 Å². The zero-order chi connectivity index (χ0) is 14.9. The van der Waals surface area contributed by atoms with Crippen LogP contribution in [0, 0.1) is 0 Å². The molecule has 2 rings (SSSR count). The molecule has 1 heterocycles. The van der Waals surface area contributed by atoms with E-state index in [1.807, 2.05) is 0 Å². The second kappa shape index (κ2) is 6.02. The van der Waals surface area contributed by atoms with Gasteiger partial charge in [0, 0.05) is 6.04 Å². The summed E-state index contributed by atoms with van der Waals surface area (Å²) < 4.78 is 5.05. The summed E-state index contributed by atoms with van der Waals surface area (Å²) in [5.41, 5.74) is 0. The first kappa shape index (κ1) is 15.1. The van der Waals surface area contributed by atoms with E-state index in [-0.39, 0.29) is 6.04 Å². The van der Waals surface area contributed by atoms with Crippen molar-refractivity contribution in [2.75, 3.05) is 6.61 Å². The molecule has 1 saturated heterocycles. The zero-order valence-corrected chi connectivity index (χ0v) is 10.6. The number of hydrogen-bond donors (Lipinski definition) is 6. The Morgan fingerprint density at radius 2 is 1.60 bits per heavy atom. The SMILES string of the molecule is O=C(NC1CC1)C(=O)N[C@@H]1O[C@H](CO)[C@@H](O)[C@H](O)[C@H]1O. The number of hydrogen-bond acceptors (Lipinski definition) is 7. The molecular weight excluding hydrogens is 272 g/mol. The van der Waals surface area contributed by atoms with Gasteiger partial charge in [0.25, 0.3) is 0 Å². The fraction of sp³-hybridized carbons (Fsp3) is 0.818. The van der Waals surface area contributed by atoms with Crippen molar-refractivity contribution in [1.29, 1.82) is 0 Å². The maximum Gasteiger partial charge on any atom is 0.311 e. The second-order valence-corrected chi connectivity index (χ2v) is 4.97. The molecule has 2 aliphatic rings. The first-order valence-electron chi connectivity index (χ1n) is 6.36. The Kier molecular flexibility index (Phi) is 4.55. The number of ether oxygens (including phenoxy) is 1. The summed E-state index contributed by atoms with van der Waals surface area (Å²) in [7, 11) is 0. The van der Waals surface area contributed by atoms with E-state index in [9.17, 15) is 24.9 Å². The minimum absolute atomic E-state index is 0.00282. The molecule has 0 aromatic carbocycles. The molecule has 114 valence electrons. The summed E-state index contributed by atoms with van der Waals surface area (Å²) in [6, 6.07) is 0.00282. The van der Waals surface area contributed by atoms with Crippen molar-refractivity contribution in [2.24, 2.45) is 0 Å². The third-order valence-corrected chi connectivity index (χ3v) is 3.28. The summed E-state index contributed by atoms with van der Waals surface area (Å²) in [6.07, 6.45) is -5.60. The largest absolute Gasteiger partial charge is 0.394 e. The Balaban J connectivity index is 1.92. The normalized spacial score (nSPS) is 37.3. The predicted molar refractivity (Wildman–Crippen MR) is 63.1 cm³/mol. The molecule has 0 unspecified atom stereocenters. The number of carbonyl (C=O) groups is 2. The minimum Gasteiger partial charge on any atom is -0.394 e. The van der Waals surface area contributed by atoms with Crippen LogP contribution in [0.1, 0.15) is 12.8 Å². The highest BCUT2D eigenvalue weighted by molar-refractivity contribution is 6.35. The summed E-state index contributed by atoms with van der Waals surface area (Å²) in [5.74, 6) is -1.87. The standard InChI is InChI=1S/C11H18N2O7/c14-3-5-6(15)7(16)8(17)11(20-5)13-10(19)9(18)12-4-1-2-4/h4-8,11,14-17H,1-3H2,(H,12,18)(H,13,19)/t5-,6-,7+,8-,11-/m1/s1. The lowest BCUT2D eigenvalue weighted by molar-refractivity contribution is -0.235. The number of aliphatic hydroxyl groups excluding tert-OH is 4. The van der Waals surface area contributed by atoms with Crippen molar-refractivity contribution in [2.45, 2.75) is 49.5 Å². The Morgan fingerprint density at radius 1 is 1.00 bits per heavy atom. The molecule has 1 saturated carbocycles. The van der Waals surface area contributed by atoms with E-state index >= 15 is 0 Å². The molecule has 9 heteroatoms. The molecule has 0 bridgehead atoms. The van der Waals surface area contributed by atoms with Crippen molar-refractivity contribution < 1.29 is 34.8 Å². The van der Waals surface area contributed by atoms with E-state index in [1.54, 1.807) is 0 Å². The lowest BCUT2D eigenvalue weighted by Crippen LogP contribution is -2.64. The fourth-order valence-electron chi connectivity index (χ4n) is 1.89. The highest BCUT2D eigenvalue weighted by atomic mass is 16.6. The van der Waals surface area contributed by atoms with E-state index in [2.05, 4.69) is 10.6 Å². The summed E-state index contributed by atoms with van der Waals surface area (Å²) in [5, 5.41) is 42.3. The lowest BCUT2D eigenvalue weighted by Gasteiger charge is -2.39. The number of aliphatic hydroxyl groups is 4. The van der Waals surface area contributed by atoms with Gasteiger partial charge in [-0.1, -0.05) is 0 Å². The molecule has 9 nitrogen and oxygen atoms in total. The van der Waals surface area contributed by atoms with Crippen LogP contribution in [0.5, 0.6) is 0 Å². The van der Waals surface area contributed by atoms with E-state index in [0.29, 0.717) is 0 Å². The van der Waals surface area contributed by atoms with Crippen LogP contribution in [-0.4, -0.2) is 75.5 Å². The molecule has 0 spiro atoms. The van der Waals surface area contributed by atoms with Gasteiger partial charge in [-0.15, -0.1) is 0 Å². The lowest BCUT2D eigenvalue weighted by atomic mass is 9.98. The van der Waals surface area contributed by atoms with Gasteiger partial charge in [-0.25, -0.2) is 0 Å². The van der Waals surface area contributed by atoms with Gasteiger partial charge in [-0.3, -0.25) is 9.59 Å². The highest BCUT2D eigenvalue weighted by Gasteiger charge is 2.44. The minimum atomic E-state index is -1.61. The summed E-state index contributed by atoms with van der Waals surface area (Å²) >= 11 is 0. The van der Waals surface area contributed by atoms with Crippen LogP contribution in [0.2, 0.25) is 0 Å². The number of rotatable bonds is 3. The van der Waals surface area contributed by atoms with Gasteiger partial charge in [0.15, 0.2) is 6.23 Å². The predicted octanol–water partition coefficient (Wildman–Crippen LogP) is -3.82.